The topological polar surface area (TPSA) is 53.4 Å². The smallest absolute Gasteiger partial charge is 0.339 e. The summed E-state index contributed by atoms with van der Waals surface area (Å²) < 4.78 is 40.5. The molecule has 3 rings (SSSR count). The first-order valence-corrected chi connectivity index (χ1v) is 10.4. The molecule has 0 unspecified atom stereocenters. The zero-order chi connectivity index (χ0) is 22.2. The molecule has 160 valence electrons. The predicted molar refractivity (Wildman–Crippen MR) is 118 cm³/mol. The Bertz CT molecular complexity index is 1110. The van der Waals surface area contributed by atoms with Gasteiger partial charge in [-0.2, -0.15) is 0 Å². The minimum absolute atomic E-state index is 0.335. The van der Waals surface area contributed by atoms with E-state index in [-0.39, 0.29) is 0 Å². The maximum Gasteiger partial charge on any atom is 0.339 e. The second-order valence-corrected chi connectivity index (χ2v) is 9.07. The highest BCUT2D eigenvalue weighted by atomic mass is 127. The lowest BCUT2D eigenvalue weighted by atomic mass is 10.0. The van der Waals surface area contributed by atoms with Crippen LogP contribution >= 0.6 is 22.6 Å². The van der Waals surface area contributed by atoms with E-state index in [1.54, 1.807) is 6.07 Å². The maximum atomic E-state index is 13.6. The summed E-state index contributed by atoms with van der Waals surface area (Å²) in [5.74, 6) is -2.25. The van der Waals surface area contributed by atoms with E-state index in [9.17, 15) is 13.6 Å². The number of carbonyl (C=O) groups is 1. The Morgan fingerprint density at radius 3 is 2.53 bits per heavy atom. The van der Waals surface area contributed by atoms with Gasteiger partial charge in [-0.1, -0.05) is 6.07 Å². The SMILES string of the molecule is COC(=O)[C@@H](OC(C)(C)C)c1c(C)nc2c(ccn2Cc2ccc(F)c(F)c2)c1I. The predicted octanol–water partition coefficient (Wildman–Crippen LogP) is 5.31. The Balaban J connectivity index is 2.07. The number of rotatable bonds is 5. The number of nitrogens with zero attached hydrogens (tertiary/aromatic N) is 2. The molecule has 0 aliphatic rings. The molecular weight excluding hydrogens is 505 g/mol. The minimum Gasteiger partial charge on any atom is -0.467 e. The molecule has 0 N–H and O–H groups in total. The normalized spacial score (nSPS) is 12.9. The number of benzene rings is 1. The van der Waals surface area contributed by atoms with Crippen LogP contribution in [0.3, 0.4) is 0 Å². The van der Waals surface area contributed by atoms with Crippen molar-refractivity contribution < 1.29 is 23.0 Å². The van der Waals surface area contributed by atoms with E-state index >= 15 is 0 Å². The summed E-state index contributed by atoms with van der Waals surface area (Å²) in [5, 5.41) is 0.838. The molecule has 0 saturated heterocycles. The average Bonchev–Trinajstić information content (AvgIpc) is 3.05. The summed E-state index contributed by atoms with van der Waals surface area (Å²) in [6.45, 7) is 7.76. The van der Waals surface area contributed by atoms with E-state index in [4.69, 9.17) is 14.5 Å². The van der Waals surface area contributed by atoms with Crippen molar-refractivity contribution in [1.82, 2.24) is 9.55 Å². The van der Waals surface area contributed by atoms with Crippen LogP contribution < -0.4 is 0 Å². The molecule has 0 bridgehead atoms. The van der Waals surface area contributed by atoms with Gasteiger partial charge in [0.2, 0.25) is 0 Å². The number of carbonyl (C=O) groups excluding carboxylic acids is 1. The zero-order valence-corrected chi connectivity index (χ0v) is 19.6. The Hall–Kier alpha value is -2.07. The monoisotopic (exact) mass is 528 g/mol. The van der Waals surface area contributed by atoms with E-state index in [2.05, 4.69) is 22.6 Å². The summed E-state index contributed by atoms with van der Waals surface area (Å²) in [6.07, 6.45) is 0.926. The van der Waals surface area contributed by atoms with Crippen LogP contribution in [0.25, 0.3) is 11.0 Å². The third-order valence-electron chi connectivity index (χ3n) is 4.56. The highest BCUT2D eigenvalue weighted by Crippen LogP contribution is 2.35. The third kappa shape index (κ3) is 4.64. The van der Waals surface area contributed by atoms with Crippen molar-refractivity contribution in [2.45, 2.75) is 45.9 Å². The van der Waals surface area contributed by atoms with Crippen molar-refractivity contribution in [3.63, 3.8) is 0 Å². The molecule has 3 aromatic rings. The van der Waals surface area contributed by atoms with Gasteiger partial charge in [-0.25, -0.2) is 18.6 Å². The van der Waals surface area contributed by atoms with Gasteiger partial charge in [-0.15, -0.1) is 0 Å². The number of fused-ring (bicyclic) bond motifs is 1. The molecule has 0 saturated carbocycles. The van der Waals surface area contributed by atoms with Crippen LogP contribution in [0.15, 0.2) is 30.5 Å². The molecule has 0 aliphatic carbocycles. The molecule has 2 aromatic heterocycles. The quantitative estimate of drug-likeness (QED) is 0.333. The van der Waals surface area contributed by atoms with Gasteiger partial charge < -0.3 is 14.0 Å². The number of aryl methyl sites for hydroxylation is 1. The van der Waals surface area contributed by atoms with E-state index in [0.29, 0.717) is 29.0 Å². The first-order chi connectivity index (χ1) is 14.0. The second-order valence-electron chi connectivity index (χ2n) is 7.99. The highest BCUT2D eigenvalue weighted by molar-refractivity contribution is 14.1. The number of halogens is 3. The average molecular weight is 528 g/mol. The molecule has 30 heavy (non-hydrogen) atoms. The lowest BCUT2D eigenvalue weighted by Crippen LogP contribution is -2.29. The van der Waals surface area contributed by atoms with E-state index in [1.807, 2.05) is 44.5 Å². The van der Waals surface area contributed by atoms with Crippen LogP contribution in [0.2, 0.25) is 0 Å². The van der Waals surface area contributed by atoms with Crippen LogP contribution in [-0.2, 0) is 20.8 Å². The summed E-state index contributed by atoms with van der Waals surface area (Å²) in [4.78, 5) is 17.2. The molecule has 0 radical (unpaired) electrons. The van der Waals surface area contributed by atoms with Crippen LogP contribution in [0.4, 0.5) is 8.78 Å². The minimum atomic E-state index is -0.909. The van der Waals surface area contributed by atoms with E-state index in [1.165, 1.54) is 13.2 Å². The standard InChI is InChI=1S/C22H23F2IN2O3/c1-12-17(19(21(28)29-5)30-22(2,3)4)18(25)14-8-9-27(20(14)26-12)11-13-6-7-15(23)16(24)10-13/h6-10,19H,11H2,1-5H3/t19-/m0/s1. The molecule has 8 heteroatoms. The van der Waals surface area contributed by atoms with E-state index in [0.717, 1.165) is 15.0 Å². The molecule has 0 aliphatic heterocycles. The van der Waals surface area contributed by atoms with Gasteiger partial charge in [0.15, 0.2) is 17.7 Å². The summed E-state index contributed by atoms with van der Waals surface area (Å²) >= 11 is 2.18. The van der Waals surface area contributed by atoms with Crippen LogP contribution in [0, 0.1) is 22.1 Å². The van der Waals surface area contributed by atoms with Gasteiger partial charge in [-0.3, -0.25) is 0 Å². The van der Waals surface area contributed by atoms with Gasteiger partial charge in [-0.05, 0) is 74.0 Å². The Morgan fingerprint density at radius 1 is 1.23 bits per heavy atom. The fourth-order valence-corrected chi connectivity index (χ4v) is 4.33. The summed E-state index contributed by atoms with van der Waals surface area (Å²) in [6, 6.07) is 5.72. The summed E-state index contributed by atoms with van der Waals surface area (Å²) in [7, 11) is 1.33. The molecule has 5 nitrogen and oxygen atoms in total. The first-order valence-electron chi connectivity index (χ1n) is 9.36. The van der Waals surface area contributed by atoms with Crippen molar-refractivity contribution in [3.05, 3.63) is 62.5 Å². The number of ether oxygens (including phenoxy) is 2. The van der Waals surface area contributed by atoms with Gasteiger partial charge in [0.05, 0.1) is 12.7 Å². The highest BCUT2D eigenvalue weighted by Gasteiger charge is 2.32. The molecule has 0 fully saturated rings. The zero-order valence-electron chi connectivity index (χ0n) is 17.4. The maximum absolute atomic E-state index is 13.6. The number of hydrogen-bond donors (Lipinski definition) is 0. The molecule has 0 spiro atoms. The lowest BCUT2D eigenvalue weighted by molar-refractivity contribution is -0.164. The Labute approximate surface area is 187 Å². The Morgan fingerprint density at radius 2 is 1.93 bits per heavy atom. The Kier molecular flexibility index (Phi) is 6.47. The second kappa shape index (κ2) is 8.58. The van der Waals surface area contributed by atoms with Gasteiger partial charge >= 0.3 is 5.97 Å². The van der Waals surface area contributed by atoms with Crippen LogP contribution in [-0.4, -0.2) is 28.2 Å². The fraction of sp³-hybridized carbons (Fsp3) is 0.364. The van der Waals surface area contributed by atoms with Gasteiger partial charge in [0.1, 0.15) is 5.65 Å². The number of hydrogen-bond acceptors (Lipinski definition) is 4. The van der Waals surface area contributed by atoms with Crippen molar-refractivity contribution in [2.75, 3.05) is 7.11 Å². The van der Waals surface area contributed by atoms with Gasteiger partial charge in [0, 0.05) is 33.0 Å². The molecule has 2 heterocycles. The number of pyridine rings is 1. The van der Waals surface area contributed by atoms with E-state index < -0.39 is 29.3 Å². The largest absolute Gasteiger partial charge is 0.467 e. The first kappa shape index (κ1) is 22.6. The van der Waals surface area contributed by atoms with Crippen LogP contribution in [0.1, 0.15) is 43.7 Å². The van der Waals surface area contributed by atoms with Crippen molar-refractivity contribution in [2.24, 2.45) is 0 Å². The molecule has 1 aromatic carbocycles. The van der Waals surface area contributed by atoms with Crippen molar-refractivity contribution in [1.29, 1.82) is 0 Å². The number of aromatic nitrogens is 2. The lowest BCUT2D eigenvalue weighted by Gasteiger charge is -2.27. The van der Waals surface area contributed by atoms with Gasteiger partial charge in [0.25, 0.3) is 0 Å². The fourth-order valence-electron chi connectivity index (χ4n) is 3.24. The van der Waals surface area contributed by atoms with Crippen LogP contribution in [0.5, 0.6) is 0 Å². The molecule has 0 amide bonds. The summed E-state index contributed by atoms with van der Waals surface area (Å²) in [5.41, 5.74) is 2.03. The molecule has 1 atom stereocenters. The third-order valence-corrected chi connectivity index (χ3v) is 5.72. The van der Waals surface area contributed by atoms with Crippen molar-refractivity contribution >= 4 is 39.6 Å². The number of methoxy groups -OCH3 is 1. The number of esters is 1. The van der Waals surface area contributed by atoms with Crippen molar-refractivity contribution in [3.8, 4) is 0 Å². The molecular formula is C22H23F2IN2O3.